The summed E-state index contributed by atoms with van der Waals surface area (Å²) in [6.07, 6.45) is 3.46. The molecule has 0 amide bonds. The maximum Gasteiger partial charge on any atom is 0.321 e. The Bertz CT molecular complexity index is 279. The van der Waals surface area contributed by atoms with Crippen LogP contribution >= 0.6 is 0 Å². The second kappa shape index (κ2) is 5.82. The average molecular weight is 244 g/mol. The minimum Gasteiger partial charge on any atom is -0.480 e. The van der Waals surface area contributed by atoms with Crippen molar-refractivity contribution in [3.05, 3.63) is 12.7 Å². The molecule has 1 aliphatic carbocycles. The first kappa shape index (κ1) is 15.6. The van der Waals surface area contributed by atoms with Gasteiger partial charge in [-0.1, -0.05) is 18.9 Å². The van der Waals surface area contributed by atoms with Gasteiger partial charge in [0.1, 0.15) is 0 Å². The molecule has 0 aromatic heterocycles. The molecule has 1 rings (SSSR count). The van der Waals surface area contributed by atoms with Crippen LogP contribution in [-0.4, -0.2) is 32.9 Å². The summed E-state index contributed by atoms with van der Waals surface area (Å²) in [6.45, 7) is 6.74. The van der Waals surface area contributed by atoms with Crippen LogP contribution in [0.3, 0.4) is 0 Å². The zero-order chi connectivity index (χ0) is 13.7. The van der Waals surface area contributed by atoms with Gasteiger partial charge >= 0.3 is 11.9 Å². The molecule has 98 valence electrons. The molecule has 0 unspecified atom stereocenters. The number of hydrogen-bond donors (Lipinski definition) is 3. The van der Waals surface area contributed by atoms with Crippen molar-refractivity contribution in [1.29, 1.82) is 0 Å². The molecule has 0 heterocycles. The highest BCUT2D eigenvalue weighted by atomic mass is 16.4. The Morgan fingerprint density at radius 2 is 1.47 bits per heavy atom. The summed E-state index contributed by atoms with van der Waals surface area (Å²) in [5.74, 6) is -2.38. The summed E-state index contributed by atoms with van der Waals surface area (Å²) in [6, 6.07) is 0. The number of hydrogen-bond acceptors (Lipinski definition) is 3. The molecule has 1 aliphatic rings. The van der Waals surface area contributed by atoms with E-state index in [1.807, 2.05) is 0 Å². The smallest absolute Gasteiger partial charge is 0.321 e. The van der Waals surface area contributed by atoms with Crippen molar-refractivity contribution in [3.63, 3.8) is 0 Å². The lowest BCUT2D eigenvalue weighted by Crippen LogP contribution is -2.36. The standard InChI is InChI=1S/C7H10O4.C5H10O/c8-5(9)7(6(10)11)3-1-2-4-7;1-4-5(2,3)6/h1-4H2,(H,8,9)(H,10,11);4,6H,1H2,2-3H3. The summed E-state index contributed by atoms with van der Waals surface area (Å²) >= 11 is 0. The van der Waals surface area contributed by atoms with Crippen molar-refractivity contribution in [2.24, 2.45) is 5.41 Å². The number of carbonyl (C=O) groups is 2. The maximum absolute atomic E-state index is 10.6. The van der Waals surface area contributed by atoms with E-state index in [9.17, 15) is 9.59 Å². The molecule has 0 aliphatic heterocycles. The Hall–Kier alpha value is -1.36. The van der Waals surface area contributed by atoms with Gasteiger partial charge < -0.3 is 15.3 Å². The van der Waals surface area contributed by atoms with E-state index in [-0.39, 0.29) is 12.8 Å². The lowest BCUT2D eigenvalue weighted by atomic mass is 9.87. The Balaban J connectivity index is 0.000000366. The predicted octanol–water partition coefficient (Wildman–Crippen LogP) is 1.66. The van der Waals surface area contributed by atoms with Crippen LogP contribution in [0.25, 0.3) is 0 Å². The molecular weight excluding hydrogens is 224 g/mol. The first-order chi connectivity index (χ1) is 7.65. The van der Waals surface area contributed by atoms with E-state index in [0.29, 0.717) is 12.8 Å². The van der Waals surface area contributed by atoms with Crippen LogP contribution in [0, 0.1) is 5.41 Å². The summed E-state index contributed by atoms with van der Waals surface area (Å²) in [4.78, 5) is 21.2. The van der Waals surface area contributed by atoms with Crippen molar-refractivity contribution in [1.82, 2.24) is 0 Å². The Morgan fingerprint density at radius 1 is 1.18 bits per heavy atom. The van der Waals surface area contributed by atoms with Crippen molar-refractivity contribution < 1.29 is 24.9 Å². The molecule has 0 atom stereocenters. The Labute approximate surface area is 101 Å². The summed E-state index contributed by atoms with van der Waals surface area (Å²) < 4.78 is 0. The second-order valence-corrected chi connectivity index (χ2v) is 4.76. The normalized spacial score (nSPS) is 17.8. The zero-order valence-electron chi connectivity index (χ0n) is 10.3. The van der Waals surface area contributed by atoms with Crippen molar-refractivity contribution in [2.75, 3.05) is 0 Å². The molecule has 0 saturated heterocycles. The highest BCUT2D eigenvalue weighted by Crippen LogP contribution is 2.38. The fourth-order valence-electron chi connectivity index (χ4n) is 1.50. The third-order valence-corrected chi connectivity index (χ3v) is 2.78. The molecule has 0 spiro atoms. The SMILES string of the molecule is C=CC(C)(C)O.O=C(O)C1(C(=O)O)CCCC1. The second-order valence-electron chi connectivity index (χ2n) is 4.76. The molecular formula is C12H20O5. The van der Waals surface area contributed by atoms with Gasteiger partial charge in [-0.15, -0.1) is 6.58 Å². The molecule has 5 heteroatoms. The van der Waals surface area contributed by atoms with Gasteiger partial charge in [0.15, 0.2) is 5.41 Å². The van der Waals surface area contributed by atoms with Gasteiger partial charge in [0.25, 0.3) is 0 Å². The maximum atomic E-state index is 10.6. The van der Waals surface area contributed by atoms with Gasteiger partial charge in [-0.2, -0.15) is 0 Å². The van der Waals surface area contributed by atoms with E-state index in [4.69, 9.17) is 15.3 Å². The van der Waals surface area contributed by atoms with E-state index in [2.05, 4.69) is 6.58 Å². The number of aliphatic hydroxyl groups is 1. The first-order valence-corrected chi connectivity index (χ1v) is 5.48. The Kier molecular flexibility index (Phi) is 5.35. The van der Waals surface area contributed by atoms with E-state index >= 15 is 0 Å². The minimum absolute atomic E-state index is 0.275. The van der Waals surface area contributed by atoms with Crippen molar-refractivity contribution >= 4 is 11.9 Å². The van der Waals surface area contributed by atoms with Gasteiger partial charge in [0.2, 0.25) is 0 Å². The highest BCUT2D eigenvalue weighted by Gasteiger charge is 2.48. The molecule has 1 saturated carbocycles. The van der Waals surface area contributed by atoms with Crippen LogP contribution < -0.4 is 0 Å². The molecule has 0 aromatic rings. The van der Waals surface area contributed by atoms with Crippen molar-refractivity contribution in [3.8, 4) is 0 Å². The predicted molar refractivity (Wildman–Crippen MR) is 62.7 cm³/mol. The van der Waals surface area contributed by atoms with Crippen LogP contribution in [0.2, 0.25) is 0 Å². The highest BCUT2D eigenvalue weighted by molar-refractivity contribution is 5.98. The van der Waals surface area contributed by atoms with E-state index in [1.165, 1.54) is 6.08 Å². The van der Waals surface area contributed by atoms with Crippen LogP contribution in [0.5, 0.6) is 0 Å². The summed E-state index contributed by atoms with van der Waals surface area (Å²) in [5.41, 5.74) is -2.17. The minimum atomic E-state index is -1.47. The van der Waals surface area contributed by atoms with Crippen LogP contribution in [0.1, 0.15) is 39.5 Å². The molecule has 1 fully saturated rings. The topological polar surface area (TPSA) is 94.8 Å². The van der Waals surface area contributed by atoms with Gasteiger partial charge in [0, 0.05) is 0 Å². The molecule has 5 nitrogen and oxygen atoms in total. The molecule has 0 bridgehead atoms. The third-order valence-electron chi connectivity index (χ3n) is 2.78. The molecule has 17 heavy (non-hydrogen) atoms. The third kappa shape index (κ3) is 4.56. The quantitative estimate of drug-likeness (QED) is 0.518. The largest absolute Gasteiger partial charge is 0.480 e. The average Bonchev–Trinajstić information content (AvgIpc) is 2.67. The van der Waals surface area contributed by atoms with Crippen molar-refractivity contribution in [2.45, 2.75) is 45.1 Å². The van der Waals surface area contributed by atoms with Crippen LogP contribution in [0.15, 0.2) is 12.7 Å². The van der Waals surface area contributed by atoms with Gasteiger partial charge in [-0.3, -0.25) is 9.59 Å². The first-order valence-electron chi connectivity index (χ1n) is 5.48. The number of carboxylic acids is 2. The van der Waals surface area contributed by atoms with E-state index < -0.39 is 23.0 Å². The fraction of sp³-hybridized carbons (Fsp3) is 0.667. The number of carboxylic acid groups (broad SMARTS) is 2. The molecule has 0 aromatic carbocycles. The lowest BCUT2D eigenvalue weighted by molar-refractivity contribution is -0.164. The van der Waals surface area contributed by atoms with E-state index in [1.54, 1.807) is 13.8 Å². The van der Waals surface area contributed by atoms with Crippen LogP contribution in [0.4, 0.5) is 0 Å². The monoisotopic (exact) mass is 244 g/mol. The van der Waals surface area contributed by atoms with Gasteiger partial charge in [-0.05, 0) is 26.7 Å². The van der Waals surface area contributed by atoms with Gasteiger partial charge in [0.05, 0.1) is 5.60 Å². The number of rotatable bonds is 3. The van der Waals surface area contributed by atoms with Gasteiger partial charge in [-0.25, -0.2) is 0 Å². The fourth-order valence-corrected chi connectivity index (χ4v) is 1.50. The Morgan fingerprint density at radius 3 is 1.59 bits per heavy atom. The summed E-state index contributed by atoms with van der Waals surface area (Å²) in [7, 11) is 0. The zero-order valence-corrected chi connectivity index (χ0v) is 10.3. The molecule has 3 N–H and O–H groups in total. The lowest BCUT2D eigenvalue weighted by Gasteiger charge is -2.16. The molecule has 0 radical (unpaired) electrons. The summed E-state index contributed by atoms with van der Waals surface area (Å²) in [5, 5.41) is 26.0. The number of aliphatic carboxylic acids is 2. The van der Waals surface area contributed by atoms with Crippen LogP contribution in [-0.2, 0) is 9.59 Å². The van der Waals surface area contributed by atoms with E-state index in [0.717, 1.165) is 0 Å².